The Bertz CT molecular complexity index is 386. The van der Waals surface area contributed by atoms with Gasteiger partial charge in [-0.2, -0.15) is 0 Å². The molecule has 0 radical (unpaired) electrons. The van der Waals surface area contributed by atoms with Crippen molar-refractivity contribution in [2.45, 2.75) is 19.4 Å². The first-order chi connectivity index (χ1) is 7.75. The SMILES string of the molecule is Cc1ccc(/C=C/C2CC=CCN2C)cc1. The van der Waals surface area contributed by atoms with E-state index >= 15 is 0 Å². The average molecular weight is 213 g/mol. The predicted octanol–water partition coefficient (Wildman–Crippen LogP) is 3.27. The molecule has 0 aliphatic carbocycles. The highest BCUT2D eigenvalue weighted by molar-refractivity contribution is 5.50. The van der Waals surface area contributed by atoms with E-state index in [1.807, 2.05) is 0 Å². The molecule has 1 unspecified atom stereocenters. The second-order valence-corrected chi connectivity index (χ2v) is 4.48. The van der Waals surface area contributed by atoms with Crippen molar-refractivity contribution in [3.05, 3.63) is 53.6 Å². The van der Waals surface area contributed by atoms with Crippen molar-refractivity contribution in [3.8, 4) is 0 Å². The topological polar surface area (TPSA) is 3.24 Å². The smallest absolute Gasteiger partial charge is 0.0316 e. The van der Waals surface area contributed by atoms with E-state index in [2.05, 4.69) is 67.4 Å². The molecule has 2 rings (SSSR count). The van der Waals surface area contributed by atoms with Crippen LogP contribution in [0.2, 0.25) is 0 Å². The Morgan fingerprint density at radius 3 is 2.62 bits per heavy atom. The third-order valence-corrected chi connectivity index (χ3v) is 3.09. The summed E-state index contributed by atoms with van der Waals surface area (Å²) in [6.45, 7) is 3.18. The van der Waals surface area contributed by atoms with Gasteiger partial charge in [-0.15, -0.1) is 0 Å². The quantitative estimate of drug-likeness (QED) is 0.681. The molecule has 1 aromatic rings. The molecular weight excluding hydrogens is 194 g/mol. The minimum absolute atomic E-state index is 0.548. The Labute approximate surface area is 98.1 Å². The standard InChI is InChI=1S/C15H19N/c1-13-6-8-14(9-7-13)10-11-15-5-3-4-12-16(15)2/h3-4,6-11,15H,5,12H2,1-2H3/b11-10+. The molecule has 1 atom stereocenters. The molecule has 1 aliphatic rings. The number of hydrogen-bond donors (Lipinski definition) is 0. The average Bonchev–Trinajstić information content (AvgIpc) is 2.30. The molecule has 0 amide bonds. The first-order valence-electron chi connectivity index (χ1n) is 5.86. The summed E-state index contributed by atoms with van der Waals surface area (Å²) < 4.78 is 0. The van der Waals surface area contributed by atoms with E-state index < -0.39 is 0 Å². The fourth-order valence-corrected chi connectivity index (χ4v) is 1.92. The summed E-state index contributed by atoms with van der Waals surface area (Å²) in [6.07, 6.45) is 10.1. The summed E-state index contributed by atoms with van der Waals surface area (Å²) in [6, 6.07) is 9.20. The van der Waals surface area contributed by atoms with Gasteiger partial charge in [-0.1, -0.05) is 54.1 Å². The molecule has 0 N–H and O–H groups in total. The molecule has 1 aromatic carbocycles. The Morgan fingerprint density at radius 1 is 1.19 bits per heavy atom. The highest BCUT2D eigenvalue weighted by Crippen LogP contribution is 2.12. The third kappa shape index (κ3) is 2.83. The molecule has 84 valence electrons. The van der Waals surface area contributed by atoms with Crippen LogP contribution < -0.4 is 0 Å². The molecule has 1 aliphatic heterocycles. The van der Waals surface area contributed by atoms with Gasteiger partial charge in [0.1, 0.15) is 0 Å². The van der Waals surface area contributed by atoms with Crippen LogP contribution in [-0.2, 0) is 0 Å². The lowest BCUT2D eigenvalue weighted by atomic mass is 10.1. The molecule has 0 aromatic heterocycles. The molecule has 16 heavy (non-hydrogen) atoms. The second kappa shape index (κ2) is 5.13. The van der Waals surface area contributed by atoms with Gasteiger partial charge >= 0.3 is 0 Å². The van der Waals surface area contributed by atoms with Crippen molar-refractivity contribution < 1.29 is 0 Å². The van der Waals surface area contributed by atoms with Crippen molar-refractivity contribution in [1.29, 1.82) is 0 Å². The zero-order valence-corrected chi connectivity index (χ0v) is 10.1. The van der Waals surface area contributed by atoms with Gasteiger partial charge in [-0.25, -0.2) is 0 Å². The van der Waals surface area contributed by atoms with Crippen LogP contribution in [-0.4, -0.2) is 24.5 Å². The molecular formula is C15H19N. The number of benzene rings is 1. The van der Waals surface area contributed by atoms with Gasteiger partial charge in [-0.05, 0) is 26.0 Å². The van der Waals surface area contributed by atoms with Crippen molar-refractivity contribution in [1.82, 2.24) is 4.90 Å². The van der Waals surface area contributed by atoms with Crippen molar-refractivity contribution in [3.63, 3.8) is 0 Å². The molecule has 0 saturated heterocycles. The number of hydrogen-bond acceptors (Lipinski definition) is 1. The molecule has 1 nitrogen and oxygen atoms in total. The van der Waals surface area contributed by atoms with E-state index in [0.717, 1.165) is 13.0 Å². The fourth-order valence-electron chi connectivity index (χ4n) is 1.92. The molecule has 1 heterocycles. The summed E-state index contributed by atoms with van der Waals surface area (Å²) in [5, 5.41) is 0. The number of rotatable bonds is 2. The van der Waals surface area contributed by atoms with Gasteiger partial charge in [0.15, 0.2) is 0 Å². The van der Waals surface area contributed by atoms with Gasteiger partial charge in [0.05, 0.1) is 0 Å². The Kier molecular flexibility index (Phi) is 3.58. The maximum Gasteiger partial charge on any atom is 0.0316 e. The summed E-state index contributed by atoms with van der Waals surface area (Å²) in [5.41, 5.74) is 2.60. The van der Waals surface area contributed by atoms with Gasteiger partial charge in [0.2, 0.25) is 0 Å². The summed E-state index contributed by atoms with van der Waals surface area (Å²) in [4.78, 5) is 2.37. The first kappa shape index (κ1) is 11.2. The van der Waals surface area contributed by atoms with E-state index in [-0.39, 0.29) is 0 Å². The zero-order valence-electron chi connectivity index (χ0n) is 10.1. The van der Waals surface area contributed by atoms with Crippen molar-refractivity contribution >= 4 is 6.08 Å². The van der Waals surface area contributed by atoms with Gasteiger partial charge in [-0.3, -0.25) is 4.90 Å². The van der Waals surface area contributed by atoms with E-state index in [4.69, 9.17) is 0 Å². The van der Waals surface area contributed by atoms with E-state index in [1.165, 1.54) is 11.1 Å². The first-order valence-corrected chi connectivity index (χ1v) is 5.86. The Hall–Kier alpha value is -1.34. The lowest BCUT2D eigenvalue weighted by molar-refractivity contribution is 0.302. The van der Waals surface area contributed by atoms with Crippen LogP contribution in [0.3, 0.4) is 0 Å². The largest absolute Gasteiger partial charge is 0.296 e. The van der Waals surface area contributed by atoms with Crippen LogP contribution in [0.5, 0.6) is 0 Å². The molecule has 0 spiro atoms. The zero-order chi connectivity index (χ0) is 11.4. The number of nitrogens with zero attached hydrogens (tertiary/aromatic N) is 1. The minimum Gasteiger partial charge on any atom is -0.296 e. The molecule has 0 bridgehead atoms. The van der Waals surface area contributed by atoms with E-state index in [9.17, 15) is 0 Å². The Morgan fingerprint density at radius 2 is 1.94 bits per heavy atom. The highest BCUT2D eigenvalue weighted by Gasteiger charge is 2.11. The third-order valence-electron chi connectivity index (χ3n) is 3.09. The fraction of sp³-hybridized carbons (Fsp3) is 0.333. The number of aryl methyl sites for hydroxylation is 1. The van der Waals surface area contributed by atoms with Crippen LogP contribution in [0.4, 0.5) is 0 Å². The molecule has 0 saturated carbocycles. The van der Waals surface area contributed by atoms with Crippen LogP contribution in [0, 0.1) is 6.92 Å². The highest BCUT2D eigenvalue weighted by atomic mass is 15.1. The molecule has 1 heteroatoms. The maximum absolute atomic E-state index is 2.37. The van der Waals surface area contributed by atoms with Gasteiger partial charge < -0.3 is 0 Å². The van der Waals surface area contributed by atoms with Crippen LogP contribution >= 0.6 is 0 Å². The van der Waals surface area contributed by atoms with E-state index in [0.29, 0.717) is 6.04 Å². The van der Waals surface area contributed by atoms with Crippen LogP contribution in [0.1, 0.15) is 17.5 Å². The number of likely N-dealkylation sites (N-methyl/N-ethyl adjacent to an activating group) is 1. The second-order valence-electron chi connectivity index (χ2n) is 4.48. The van der Waals surface area contributed by atoms with E-state index in [1.54, 1.807) is 0 Å². The summed E-state index contributed by atoms with van der Waals surface area (Å²) >= 11 is 0. The van der Waals surface area contributed by atoms with Crippen LogP contribution in [0.25, 0.3) is 6.08 Å². The van der Waals surface area contributed by atoms with Crippen molar-refractivity contribution in [2.24, 2.45) is 0 Å². The normalized spacial score (nSPS) is 21.8. The maximum atomic E-state index is 2.37. The predicted molar refractivity (Wildman–Crippen MR) is 70.4 cm³/mol. The molecule has 0 fully saturated rings. The van der Waals surface area contributed by atoms with Crippen LogP contribution in [0.15, 0.2) is 42.5 Å². The summed E-state index contributed by atoms with van der Waals surface area (Å²) in [5.74, 6) is 0. The van der Waals surface area contributed by atoms with Crippen molar-refractivity contribution in [2.75, 3.05) is 13.6 Å². The van der Waals surface area contributed by atoms with Gasteiger partial charge in [0, 0.05) is 12.6 Å². The minimum atomic E-state index is 0.548. The lowest BCUT2D eigenvalue weighted by Crippen LogP contribution is -2.32. The Balaban J connectivity index is 2.03. The summed E-state index contributed by atoms with van der Waals surface area (Å²) in [7, 11) is 2.17. The monoisotopic (exact) mass is 213 g/mol. The lowest BCUT2D eigenvalue weighted by Gasteiger charge is -2.26. The van der Waals surface area contributed by atoms with Gasteiger partial charge in [0.25, 0.3) is 0 Å².